The number of hydrogen-bond donors (Lipinski definition) is 1. The molecule has 2 amide bonds. The molecule has 5 nitrogen and oxygen atoms in total. The smallest absolute Gasteiger partial charge is 0.330 e. The fourth-order valence-corrected chi connectivity index (χ4v) is 3.67. The fourth-order valence-electron chi connectivity index (χ4n) is 3.67. The molecule has 0 spiro atoms. The first-order valence-corrected chi connectivity index (χ1v) is 7.27. The molecule has 2 aliphatic rings. The number of likely N-dealkylation sites (tertiary alicyclic amines) is 1. The van der Waals surface area contributed by atoms with E-state index in [2.05, 4.69) is 0 Å². The molecule has 1 saturated heterocycles. The lowest BCUT2D eigenvalue weighted by atomic mass is 9.72. The van der Waals surface area contributed by atoms with Crippen LogP contribution < -0.4 is 0 Å². The molecule has 1 saturated carbocycles. The monoisotopic (exact) mass is 281 g/mol. The third kappa shape index (κ3) is 2.45. The number of carboxylic acid groups (broad SMARTS) is 1. The largest absolute Gasteiger partial charge is 0.479 e. The topological polar surface area (TPSA) is 74.7 Å². The maximum absolute atomic E-state index is 12.4. The number of carboxylic acids is 1. The molecular formula is C15H23NO4. The number of hydrogen-bond acceptors (Lipinski definition) is 3. The van der Waals surface area contributed by atoms with Crippen molar-refractivity contribution in [1.29, 1.82) is 0 Å². The van der Waals surface area contributed by atoms with E-state index in [0.717, 1.165) is 17.7 Å². The summed E-state index contributed by atoms with van der Waals surface area (Å²) in [5.74, 6) is -1.48. The molecule has 2 rings (SSSR count). The Kier molecular flexibility index (Phi) is 3.65. The predicted molar refractivity (Wildman–Crippen MR) is 72.9 cm³/mol. The van der Waals surface area contributed by atoms with Gasteiger partial charge in [0.1, 0.15) is 5.54 Å². The Labute approximate surface area is 119 Å². The van der Waals surface area contributed by atoms with Crippen LogP contribution in [0.2, 0.25) is 0 Å². The average Bonchev–Trinajstić information content (AvgIpc) is 2.25. The lowest BCUT2D eigenvalue weighted by Gasteiger charge is -2.47. The molecular weight excluding hydrogens is 258 g/mol. The van der Waals surface area contributed by atoms with Crippen molar-refractivity contribution < 1.29 is 19.5 Å². The highest BCUT2D eigenvalue weighted by Gasteiger charge is 2.54. The Hall–Kier alpha value is -1.39. The first-order chi connectivity index (χ1) is 9.18. The molecule has 0 aromatic carbocycles. The first-order valence-electron chi connectivity index (χ1n) is 7.27. The van der Waals surface area contributed by atoms with Gasteiger partial charge in [-0.2, -0.15) is 0 Å². The zero-order valence-corrected chi connectivity index (χ0v) is 12.4. The van der Waals surface area contributed by atoms with Gasteiger partial charge in [0, 0.05) is 12.8 Å². The van der Waals surface area contributed by atoms with Crippen molar-refractivity contribution in [3.05, 3.63) is 0 Å². The Bertz CT molecular complexity index is 437. The number of imide groups is 1. The standard InChI is InChI=1S/C15H23NO4/c1-10-5-4-6-15(7-10,13(19)20)16-11(17)8-14(2,3)9-12(16)18/h10H,4-9H2,1-3H3,(H,19,20). The number of carbonyl (C=O) groups is 3. The molecule has 2 atom stereocenters. The first kappa shape index (κ1) is 15.0. The average molecular weight is 281 g/mol. The van der Waals surface area contributed by atoms with E-state index >= 15 is 0 Å². The van der Waals surface area contributed by atoms with Crippen molar-refractivity contribution >= 4 is 17.8 Å². The van der Waals surface area contributed by atoms with Gasteiger partial charge in [-0.3, -0.25) is 14.5 Å². The molecule has 0 radical (unpaired) electrons. The molecule has 1 aliphatic heterocycles. The van der Waals surface area contributed by atoms with Gasteiger partial charge in [0.15, 0.2) is 0 Å². The van der Waals surface area contributed by atoms with E-state index in [0.29, 0.717) is 12.8 Å². The van der Waals surface area contributed by atoms with Crippen molar-refractivity contribution in [1.82, 2.24) is 4.90 Å². The molecule has 0 aromatic heterocycles. The van der Waals surface area contributed by atoms with Crippen LogP contribution in [-0.2, 0) is 14.4 Å². The van der Waals surface area contributed by atoms with Crippen LogP contribution in [0.3, 0.4) is 0 Å². The summed E-state index contributed by atoms with van der Waals surface area (Å²) in [6.07, 6.45) is 2.93. The number of rotatable bonds is 2. The van der Waals surface area contributed by atoms with Crippen LogP contribution in [0.25, 0.3) is 0 Å². The third-order valence-electron chi connectivity index (χ3n) is 4.56. The van der Waals surface area contributed by atoms with Crippen LogP contribution in [0, 0.1) is 11.3 Å². The minimum atomic E-state index is -1.32. The summed E-state index contributed by atoms with van der Waals surface area (Å²) in [5, 5.41) is 9.68. The second-order valence-electron chi connectivity index (χ2n) is 7.18. The highest BCUT2D eigenvalue weighted by Crippen LogP contribution is 2.42. The summed E-state index contributed by atoms with van der Waals surface area (Å²) in [7, 11) is 0. The summed E-state index contributed by atoms with van der Waals surface area (Å²) in [6.45, 7) is 5.73. The molecule has 2 fully saturated rings. The van der Waals surface area contributed by atoms with E-state index in [1.165, 1.54) is 0 Å². The van der Waals surface area contributed by atoms with Gasteiger partial charge in [-0.15, -0.1) is 0 Å². The van der Waals surface area contributed by atoms with E-state index in [1.54, 1.807) is 0 Å². The Morgan fingerprint density at radius 3 is 2.25 bits per heavy atom. The lowest BCUT2D eigenvalue weighted by molar-refractivity contribution is -0.175. The van der Waals surface area contributed by atoms with Crippen LogP contribution in [0.15, 0.2) is 0 Å². The quantitative estimate of drug-likeness (QED) is 0.787. The number of nitrogens with zero attached hydrogens (tertiary/aromatic N) is 1. The highest BCUT2D eigenvalue weighted by atomic mass is 16.4. The summed E-state index contributed by atoms with van der Waals surface area (Å²) in [5.41, 5.74) is -1.69. The fraction of sp³-hybridized carbons (Fsp3) is 0.800. The summed E-state index contributed by atoms with van der Waals surface area (Å²) >= 11 is 0. The maximum atomic E-state index is 12.4. The van der Waals surface area contributed by atoms with E-state index in [-0.39, 0.29) is 36.0 Å². The maximum Gasteiger partial charge on any atom is 0.330 e. The van der Waals surface area contributed by atoms with Gasteiger partial charge in [-0.1, -0.05) is 33.6 Å². The molecule has 20 heavy (non-hydrogen) atoms. The van der Waals surface area contributed by atoms with Gasteiger partial charge in [0.05, 0.1) is 0 Å². The second-order valence-corrected chi connectivity index (χ2v) is 7.18. The molecule has 112 valence electrons. The van der Waals surface area contributed by atoms with Gasteiger partial charge in [-0.05, 0) is 24.2 Å². The summed E-state index contributed by atoms with van der Waals surface area (Å²) in [4.78, 5) is 37.7. The van der Waals surface area contributed by atoms with Crippen molar-refractivity contribution in [2.75, 3.05) is 0 Å². The van der Waals surface area contributed by atoms with E-state index < -0.39 is 11.5 Å². The summed E-state index contributed by atoms with van der Waals surface area (Å²) < 4.78 is 0. The van der Waals surface area contributed by atoms with E-state index in [9.17, 15) is 19.5 Å². The van der Waals surface area contributed by atoms with Crippen molar-refractivity contribution in [2.24, 2.45) is 11.3 Å². The van der Waals surface area contributed by atoms with Gasteiger partial charge < -0.3 is 5.11 Å². The zero-order valence-electron chi connectivity index (χ0n) is 12.4. The van der Waals surface area contributed by atoms with Crippen molar-refractivity contribution in [3.63, 3.8) is 0 Å². The van der Waals surface area contributed by atoms with Crippen molar-refractivity contribution in [2.45, 2.75) is 64.8 Å². The molecule has 1 N–H and O–H groups in total. The van der Waals surface area contributed by atoms with Gasteiger partial charge in [0.2, 0.25) is 11.8 Å². The third-order valence-corrected chi connectivity index (χ3v) is 4.56. The van der Waals surface area contributed by atoms with Crippen LogP contribution in [-0.4, -0.2) is 33.3 Å². The number of carbonyl (C=O) groups excluding carboxylic acids is 2. The molecule has 1 heterocycles. The zero-order chi connectivity index (χ0) is 15.1. The van der Waals surface area contributed by atoms with Crippen LogP contribution in [0.4, 0.5) is 0 Å². The highest BCUT2D eigenvalue weighted by molar-refractivity contribution is 6.03. The SMILES string of the molecule is CC1CCCC(C(=O)O)(N2C(=O)CC(C)(C)CC2=O)C1. The lowest BCUT2D eigenvalue weighted by Crippen LogP contribution is -2.63. The molecule has 5 heteroatoms. The number of piperidine rings is 1. The van der Waals surface area contributed by atoms with Gasteiger partial charge in [-0.25, -0.2) is 4.79 Å². The molecule has 0 bridgehead atoms. The van der Waals surface area contributed by atoms with Gasteiger partial charge >= 0.3 is 5.97 Å². The normalized spacial score (nSPS) is 34.1. The Morgan fingerprint density at radius 1 is 1.25 bits per heavy atom. The van der Waals surface area contributed by atoms with Crippen LogP contribution in [0.1, 0.15) is 59.3 Å². The minimum absolute atomic E-state index is 0.218. The minimum Gasteiger partial charge on any atom is -0.479 e. The molecule has 1 aliphatic carbocycles. The second kappa shape index (κ2) is 4.86. The summed E-state index contributed by atoms with van der Waals surface area (Å²) in [6, 6.07) is 0. The van der Waals surface area contributed by atoms with Gasteiger partial charge in [0.25, 0.3) is 0 Å². The van der Waals surface area contributed by atoms with E-state index in [1.807, 2.05) is 20.8 Å². The van der Waals surface area contributed by atoms with Crippen LogP contribution >= 0.6 is 0 Å². The Balaban J connectivity index is 2.37. The molecule has 2 unspecified atom stereocenters. The van der Waals surface area contributed by atoms with Crippen molar-refractivity contribution in [3.8, 4) is 0 Å². The van der Waals surface area contributed by atoms with E-state index in [4.69, 9.17) is 0 Å². The number of aliphatic carboxylic acids is 1. The Morgan fingerprint density at radius 2 is 1.80 bits per heavy atom. The number of amides is 2. The predicted octanol–water partition coefficient (Wildman–Crippen LogP) is 2.20. The van der Waals surface area contributed by atoms with Crippen LogP contribution in [0.5, 0.6) is 0 Å². The molecule has 0 aromatic rings.